The number of hydrogen-bond acceptors (Lipinski definition) is 6. The van der Waals surface area contributed by atoms with Gasteiger partial charge < -0.3 is 21.1 Å². The Hall–Kier alpha value is -1.89. The first-order valence-corrected chi connectivity index (χ1v) is 5.08. The Labute approximate surface area is 91.1 Å². The Morgan fingerprint density at radius 3 is 3.00 bits per heavy atom. The van der Waals surface area contributed by atoms with Crippen LogP contribution in [0.15, 0.2) is 6.33 Å². The topological polar surface area (TPSA) is 113 Å². The summed E-state index contributed by atoms with van der Waals surface area (Å²) in [6.07, 6.45) is 3.41. The zero-order valence-electron chi connectivity index (χ0n) is 8.56. The molecule has 3 rings (SSSR count). The van der Waals surface area contributed by atoms with Crippen molar-refractivity contribution < 1.29 is 5.11 Å². The van der Waals surface area contributed by atoms with Gasteiger partial charge in [-0.2, -0.15) is 9.97 Å². The van der Waals surface area contributed by atoms with Gasteiger partial charge in [0.1, 0.15) is 5.52 Å². The first-order chi connectivity index (χ1) is 7.72. The third-order valence-corrected chi connectivity index (χ3v) is 2.84. The van der Waals surface area contributed by atoms with E-state index in [9.17, 15) is 5.11 Å². The molecule has 1 saturated carbocycles. The summed E-state index contributed by atoms with van der Waals surface area (Å²) < 4.78 is 0. The van der Waals surface area contributed by atoms with Crippen molar-refractivity contribution in [1.29, 1.82) is 0 Å². The van der Waals surface area contributed by atoms with Gasteiger partial charge in [-0.1, -0.05) is 0 Å². The summed E-state index contributed by atoms with van der Waals surface area (Å²) in [6.45, 7) is 0.0898. The van der Waals surface area contributed by atoms with E-state index in [1.54, 1.807) is 6.33 Å². The minimum absolute atomic E-state index is 0.0898. The summed E-state index contributed by atoms with van der Waals surface area (Å²) in [6, 6.07) is 0. The predicted molar refractivity (Wildman–Crippen MR) is 58.8 cm³/mol. The van der Waals surface area contributed by atoms with Gasteiger partial charge in [0.05, 0.1) is 18.5 Å². The summed E-state index contributed by atoms with van der Waals surface area (Å²) >= 11 is 0. The SMILES string of the molecule is Nc1nc(NC2(CO)CC2)c2[nH]cnc2n1. The van der Waals surface area contributed by atoms with Gasteiger partial charge in [0.25, 0.3) is 0 Å². The van der Waals surface area contributed by atoms with Crippen LogP contribution in [0.25, 0.3) is 11.2 Å². The Bertz CT molecular complexity index is 532. The lowest BCUT2D eigenvalue weighted by atomic mass is 10.3. The fourth-order valence-electron chi connectivity index (χ4n) is 1.67. The number of aromatic amines is 1. The lowest BCUT2D eigenvalue weighted by molar-refractivity contribution is 0.266. The monoisotopic (exact) mass is 220 g/mol. The summed E-state index contributed by atoms with van der Waals surface area (Å²) in [5.74, 6) is 0.780. The molecule has 2 aromatic rings. The molecule has 0 radical (unpaired) electrons. The van der Waals surface area contributed by atoms with Crippen LogP contribution in [0.3, 0.4) is 0 Å². The van der Waals surface area contributed by atoms with E-state index < -0.39 is 0 Å². The zero-order chi connectivity index (χ0) is 11.2. The summed E-state index contributed by atoms with van der Waals surface area (Å²) in [5.41, 5.74) is 6.60. The van der Waals surface area contributed by atoms with Crippen LogP contribution in [0.1, 0.15) is 12.8 Å². The van der Waals surface area contributed by atoms with Crippen LogP contribution in [0.5, 0.6) is 0 Å². The molecule has 7 nitrogen and oxygen atoms in total. The number of hydrogen-bond donors (Lipinski definition) is 4. The van der Waals surface area contributed by atoms with Gasteiger partial charge in [0.2, 0.25) is 5.95 Å². The minimum Gasteiger partial charge on any atom is -0.394 e. The summed E-state index contributed by atoms with van der Waals surface area (Å²) in [5, 5.41) is 12.4. The lowest BCUT2D eigenvalue weighted by Gasteiger charge is -2.15. The molecule has 16 heavy (non-hydrogen) atoms. The van der Waals surface area contributed by atoms with E-state index in [1.165, 1.54) is 0 Å². The van der Waals surface area contributed by atoms with Crippen molar-refractivity contribution in [2.75, 3.05) is 17.7 Å². The van der Waals surface area contributed by atoms with Gasteiger partial charge in [0.15, 0.2) is 11.5 Å². The van der Waals surface area contributed by atoms with Crippen LogP contribution in [0, 0.1) is 0 Å². The second-order valence-electron chi connectivity index (χ2n) is 4.09. The molecule has 7 heteroatoms. The first-order valence-electron chi connectivity index (χ1n) is 5.08. The van der Waals surface area contributed by atoms with Crippen LogP contribution < -0.4 is 11.1 Å². The van der Waals surface area contributed by atoms with Gasteiger partial charge in [-0.15, -0.1) is 0 Å². The molecule has 1 aliphatic rings. The molecular weight excluding hydrogens is 208 g/mol. The quantitative estimate of drug-likeness (QED) is 0.573. The largest absolute Gasteiger partial charge is 0.394 e. The van der Waals surface area contributed by atoms with Crippen molar-refractivity contribution in [3.05, 3.63) is 6.33 Å². The van der Waals surface area contributed by atoms with Gasteiger partial charge >= 0.3 is 0 Å². The highest BCUT2D eigenvalue weighted by molar-refractivity contribution is 5.84. The predicted octanol–water partition coefficient (Wildman–Crippen LogP) is -0.128. The van der Waals surface area contributed by atoms with E-state index >= 15 is 0 Å². The zero-order valence-corrected chi connectivity index (χ0v) is 8.56. The average molecular weight is 220 g/mol. The number of fused-ring (bicyclic) bond motifs is 1. The average Bonchev–Trinajstić information content (AvgIpc) is 2.87. The highest BCUT2D eigenvalue weighted by Gasteiger charge is 2.42. The number of imidazole rings is 1. The van der Waals surface area contributed by atoms with Crippen molar-refractivity contribution in [1.82, 2.24) is 19.9 Å². The highest BCUT2D eigenvalue weighted by Crippen LogP contribution is 2.38. The van der Waals surface area contributed by atoms with E-state index in [0.29, 0.717) is 17.0 Å². The number of aromatic nitrogens is 4. The third kappa shape index (κ3) is 1.36. The van der Waals surface area contributed by atoms with Crippen molar-refractivity contribution in [3.63, 3.8) is 0 Å². The molecule has 1 aliphatic carbocycles. The fourth-order valence-corrected chi connectivity index (χ4v) is 1.67. The number of nitrogen functional groups attached to an aromatic ring is 1. The van der Waals surface area contributed by atoms with Crippen LogP contribution in [0.2, 0.25) is 0 Å². The highest BCUT2D eigenvalue weighted by atomic mass is 16.3. The molecule has 0 saturated heterocycles. The van der Waals surface area contributed by atoms with Gasteiger partial charge in [-0.05, 0) is 12.8 Å². The second-order valence-corrected chi connectivity index (χ2v) is 4.09. The van der Waals surface area contributed by atoms with E-state index in [1.807, 2.05) is 0 Å². The maximum Gasteiger partial charge on any atom is 0.224 e. The minimum atomic E-state index is -0.237. The maximum absolute atomic E-state index is 9.25. The van der Waals surface area contributed by atoms with E-state index in [4.69, 9.17) is 5.73 Å². The van der Waals surface area contributed by atoms with Crippen LogP contribution in [-0.4, -0.2) is 37.2 Å². The molecular formula is C9H12N6O. The molecule has 0 unspecified atom stereocenters. The molecule has 0 amide bonds. The normalized spacial score (nSPS) is 17.6. The van der Waals surface area contributed by atoms with Crippen LogP contribution in [-0.2, 0) is 0 Å². The Kier molecular flexibility index (Phi) is 1.78. The van der Waals surface area contributed by atoms with Gasteiger partial charge in [0, 0.05) is 0 Å². The molecule has 0 aliphatic heterocycles. The number of anilines is 2. The molecule has 2 aromatic heterocycles. The fraction of sp³-hybridized carbons (Fsp3) is 0.444. The molecule has 5 N–H and O–H groups in total. The molecule has 0 spiro atoms. The van der Waals surface area contributed by atoms with E-state index in [0.717, 1.165) is 12.8 Å². The third-order valence-electron chi connectivity index (χ3n) is 2.84. The van der Waals surface area contributed by atoms with Crippen molar-refractivity contribution in [2.45, 2.75) is 18.4 Å². The molecule has 1 fully saturated rings. The standard InChI is InChI=1S/C9H12N6O/c10-8-13-6-5(11-4-12-6)7(14-8)15-9(3-16)1-2-9/h4,16H,1-3H2,(H4,10,11,12,13,14,15). The number of aliphatic hydroxyl groups is 1. The second kappa shape index (κ2) is 3.05. The lowest BCUT2D eigenvalue weighted by Crippen LogP contribution is -2.26. The van der Waals surface area contributed by atoms with Gasteiger partial charge in [-0.25, -0.2) is 4.98 Å². The summed E-state index contributed by atoms with van der Waals surface area (Å²) in [4.78, 5) is 15.1. The Morgan fingerprint density at radius 2 is 2.31 bits per heavy atom. The Balaban J connectivity index is 2.05. The number of rotatable bonds is 3. The van der Waals surface area contributed by atoms with E-state index in [-0.39, 0.29) is 18.1 Å². The van der Waals surface area contributed by atoms with Gasteiger partial charge in [-0.3, -0.25) is 0 Å². The number of nitrogens with zero attached hydrogens (tertiary/aromatic N) is 3. The first kappa shape index (κ1) is 9.34. The maximum atomic E-state index is 9.25. The molecule has 0 bridgehead atoms. The van der Waals surface area contributed by atoms with Crippen LogP contribution >= 0.6 is 0 Å². The summed E-state index contributed by atoms with van der Waals surface area (Å²) in [7, 11) is 0. The smallest absolute Gasteiger partial charge is 0.224 e. The molecule has 84 valence electrons. The van der Waals surface area contributed by atoms with Crippen molar-refractivity contribution >= 4 is 22.9 Å². The number of nitrogens with one attached hydrogen (secondary N) is 2. The molecule has 0 atom stereocenters. The van der Waals surface area contributed by atoms with Crippen LogP contribution in [0.4, 0.5) is 11.8 Å². The molecule has 2 heterocycles. The van der Waals surface area contributed by atoms with E-state index in [2.05, 4.69) is 25.3 Å². The van der Waals surface area contributed by atoms with Crippen molar-refractivity contribution in [3.8, 4) is 0 Å². The number of nitrogens with two attached hydrogens (primary N) is 1. The Morgan fingerprint density at radius 1 is 1.50 bits per heavy atom. The number of aliphatic hydroxyl groups excluding tert-OH is 1. The van der Waals surface area contributed by atoms with Crippen molar-refractivity contribution in [2.24, 2.45) is 0 Å². The molecule has 0 aromatic carbocycles. The number of H-pyrrole nitrogens is 1.